The van der Waals surface area contributed by atoms with Crippen LogP contribution >= 0.6 is 0 Å². The van der Waals surface area contributed by atoms with Crippen molar-refractivity contribution in [3.63, 3.8) is 0 Å². The number of primary amides is 1. The second-order valence-electron chi connectivity index (χ2n) is 4.25. The van der Waals surface area contributed by atoms with Crippen molar-refractivity contribution >= 4 is 11.8 Å². The molecule has 2 aromatic rings. The summed E-state index contributed by atoms with van der Waals surface area (Å²) in [6, 6.07) is 12.0. The molecule has 0 saturated carbocycles. The van der Waals surface area contributed by atoms with Gasteiger partial charge >= 0.3 is 0 Å². The number of amides is 2. The topological polar surface area (TPSA) is 72.2 Å². The van der Waals surface area contributed by atoms with Gasteiger partial charge in [0.05, 0.1) is 0 Å². The fourth-order valence-electron chi connectivity index (χ4n) is 1.70. The van der Waals surface area contributed by atoms with Gasteiger partial charge in [0.25, 0.3) is 5.91 Å². The summed E-state index contributed by atoms with van der Waals surface area (Å²) in [5.74, 6) is -1.31. The second-order valence-corrected chi connectivity index (χ2v) is 4.25. The molecule has 2 aromatic carbocycles. The highest BCUT2D eigenvalue weighted by Crippen LogP contribution is 2.06. The van der Waals surface area contributed by atoms with Gasteiger partial charge in [-0.15, -0.1) is 0 Å². The van der Waals surface area contributed by atoms with Crippen LogP contribution in [-0.2, 0) is 6.54 Å². The van der Waals surface area contributed by atoms with Gasteiger partial charge in [-0.2, -0.15) is 0 Å². The molecule has 3 N–H and O–H groups in total. The molecule has 5 heteroatoms. The van der Waals surface area contributed by atoms with Gasteiger partial charge in [-0.25, -0.2) is 4.39 Å². The Morgan fingerprint density at radius 3 is 2.35 bits per heavy atom. The van der Waals surface area contributed by atoms with Crippen molar-refractivity contribution in [2.45, 2.75) is 6.54 Å². The van der Waals surface area contributed by atoms with Crippen LogP contribution < -0.4 is 11.1 Å². The predicted octanol–water partition coefficient (Wildman–Crippen LogP) is 1.85. The van der Waals surface area contributed by atoms with Gasteiger partial charge in [-0.1, -0.05) is 18.2 Å². The predicted molar refractivity (Wildman–Crippen MR) is 72.5 cm³/mol. The van der Waals surface area contributed by atoms with E-state index in [2.05, 4.69) is 5.32 Å². The van der Waals surface area contributed by atoms with Crippen molar-refractivity contribution in [3.8, 4) is 0 Å². The Balaban J connectivity index is 1.98. The van der Waals surface area contributed by atoms with Crippen LogP contribution in [-0.4, -0.2) is 11.8 Å². The SMILES string of the molecule is NC(=O)c1ccc(CNC(=O)c2cccc(F)c2)cc1. The summed E-state index contributed by atoms with van der Waals surface area (Å²) in [6.07, 6.45) is 0. The average molecular weight is 272 g/mol. The molecule has 4 nitrogen and oxygen atoms in total. The number of carbonyl (C=O) groups excluding carboxylic acids is 2. The van der Waals surface area contributed by atoms with Crippen LogP contribution in [0.1, 0.15) is 26.3 Å². The quantitative estimate of drug-likeness (QED) is 0.891. The summed E-state index contributed by atoms with van der Waals surface area (Å²) in [5, 5.41) is 2.67. The molecule has 2 rings (SSSR count). The maximum Gasteiger partial charge on any atom is 0.251 e. The number of halogens is 1. The molecule has 2 amide bonds. The van der Waals surface area contributed by atoms with E-state index in [1.54, 1.807) is 24.3 Å². The lowest BCUT2D eigenvalue weighted by atomic mass is 10.1. The molecule has 0 unspecified atom stereocenters. The second kappa shape index (κ2) is 5.97. The van der Waals surface area contributed by atoms with Crippen LogP contribution in [0, 0.1) is 5.82 Å². The van der Waals surface area contributed by atoms with Crippen LogP contribution in [0.15, 0.2) is 48.5 Å². The summed E-state index contributed by atoms with van der Waals surface area (Å²) in [4.78, 5) is 22.7. The Bertz CT molecular complexity index is 639. The number of rotatable bonds is 4. The summed E-state index contributed by atoms with van der Waals surface area (Å²) in [7, 11) is 0. The molecule has 0 atom stereocenters. The molecule has 0 spiro atoms. The maximum absolute atomic E-state index is 13.0. The molecule has 102 valence electrons. The normalized spacial score (nSPS) is 10.1. The average Bonchev–Trinajstić information content (AvgIpc) is 2.45. The lowest BCUT2D eigenvalue weighted by Gasteiger charge is -2.06. The van der Waals surface area contributed by atoms with E-state index in [1.165, 1.54) is 24.3 Å². The summed E-state index contributed by atoms with van der Waals surface area (Å²) in [6.45, 7) is 0.286. The molecule has 20 heavy (non-hydrogen) atoms. The third kappa shape index (κ3) is 3.41. The van der Waals surface area contributed by atoms with Gasteiger partial charge in [-0.3, -0.25) is 9.59 Å². The number of hydrogen-bond acceptors (Lipinski definition) is 2. The zero-order valence-corrected chi connectivity index (χ0v) is 10.6. The first kappa shape index (κ1) is 13.7. The molecule has 0 aromatic heterocycles. The standard InChI is InChI=1S/C15H13FN2O2/c16-13-3-1-2-12(8-13)15(20)18-9-10-4-6-11(7-5-10)14(17)19/h1-8H,9H2,(H2,17,19)(H,18,20). The van der Waals surface area contributed by atoms with Gasteiger partial charge < -0.3 is 11.1 Å². The van der Waals surface area contributed by atoms with E-state index < -0.39 is 11.7 Å². The zero-order chi connectivity index (χ0) is 14.5. The number of carbonyl (C=O) groups is 2. The lowest BCUT2D eigenvalue weighted by Crippen LogP contribution is -2.22. The minimum Gasteiger partial charge on any atom is -0.366 e. The van der Waals surface area contributed by atoms with Crippen LogP contribution in [0.4, 0.5) is 4.39 Å². The zero-order valence-electron chi connectivity index (χ0n) is 10.6. The van der Waals surface area contributed by atoms with Crippen LogP contribution in [0.2, 0.25) is 0 Å². The summed E-state index contributed by atoms with van der Waals surface area (Å²) >= 11 is 0. The van der Waals surface area contributed by atoms with Crippen molar-refractivity contribution < 1.29 is 14.0 Å². The molecule has 0 aliphatic rings. The Hall–Kier alpha value is -2.69. The van der Waals surface area contributed by atoms with E-state index in [9.17, 15) is 14.0 Å². The van der Waals surface area contributed by atoms with Gasteiger partial charge in [-0.05, 0) is 35.9 Å². The number of hydrogen-bond donors (Lipinski definition) is 2. The number of nitrogens with one attached hydrogen (secondary N) is 1. The molecule has 0 bridgehead atoms. The lowest BCUT2D eigenvalue weighted by molar-refractivity contribution is 0.0949. The fraction of sp³-hybridized carbons (Fsp3) is 0.0667. The van der Waals surface area contributed by atoms with Crippen LogP contribution in [0.25, 0.3) is 0 Å². The minimum absolute atomic E-state index is 0.263. The van der Waals surface area contributed by atoms with Gasteiger partial charge in [0.1, 0.15) is 5.82 Å². The molecule has 0 heterocycles. The summed E-state index contributed by atoms with van der Waals surface area (Å²) in [5.41, 5.74) is 6.62. The number of benzene rings is 2. The highest BCUT2D eigenvalue weighted by Gasteiger charge is 2.06. The van der Waals surface area contributed by atoms with Crippen molar-refractivity contribution in [1.82, 2.24) is 5.32 Å². The highest BCUT2D eigenvalue weighted by atomic mass is 19.1. The molecule has 0 aliphatic carbocycles. The van der Waals surface area contributed by atoms with E-state index in [1.807, 2.05) is 0 Å². The van der Waals surface area contributed by atoms with E-state index in [0.29, 0.717) is 5.56 Å². The van der Waals surface area contributed by atoms with Gasteiger partial charge in [0.15, 0.2) is 0 Å². The van der Waals surface area contributed by atoms with Crippen LogP contribution in [0.5, 0.6) is 0 Å². The summed E-state index contributed by atoms with van der Waals surface area (Å²) < 4.78 is 13.0. The first-order valence-electron chi connectivity index (χ1n) is 5.99. The van der Waals surface area contributed by atoms with Crippen LogP contribution in [0.3, 0.4) is 0 Å². The third-order valence-corrected chi connectivity index (χ3v) is 2.78. The molecule has 0 radical (unpaired) electrons. The molecule has 0 saturated heterocycles. The van der Waals surface area contributed by atoms with Gasteiger partial charge in [0.2, 0.25) is 5.91 Å². The molecule has 0 fully saturated rings. The van der Waals surface area contributed by atoms with E-state index in [0.717, 1.165) is 5.56 Å². The first-order chi connectivity index (χ1) is 9.56. The smallest absolute Gasteiger partial charge is 0.251 e. The first-order valence-corrected chi connectivity index (χ1v) is 5.99. The van der Waals surface area contributed by atoms with Crippen molar-refractivity contribution in [2.24, 2.45) is 5.73 Å². The van der Waals surface area contributed by atoms with E-state index in [-0.39, 0.29) is 18.0 Å². The Labute approximate surface area is 115 Å². The molecule has 0 aliphatic heterocycles. The third-order valence-electron chi connectivity index (χ3n) is 2.78. The maximum atomic E-state index is 13.0. The fourth-order valence-corrected chi connectivity index (χ4v) is 1.70. The molecular weight excluding hydrogens is 259 g/mol. The minimum atomic E-state index is -0.500. The largest absolute Gasteiger partial charge is 0.366 e. The Morgan fingerprint density at radius 1 is 1.05 bits per heavy atom. The molecular formula is C15H13FN2O2. The van der Waals surface area contributed by atoms with E-state index >= 15 is 0 Å². The monoisotopic (exact) mass is 272 g/mol. The Morgan fingerprint density at radius 2 is 1.75 bits per heavy atom. The highest BCUT2D eigenvalue weighted by molar-refractivity contribution is 5.94. The number of nitrogens with two attached hydrogens (primary N) is 1. The van der Waals surface area contributed by atoms with Crippen molar-refractivity contribution in [1.29, 1.82) is 0 Å². The van der Waals surface area contributed by atoms with Crippen molar-refractivity contribution in [2.75, 3.05) is 0 Å². The Kier molecular flexibility index (Phi) is 4.10. The van der Waals surface area contributed by atoms with Gasteiger partial charge in [0, 0.05) is 17.7 Å². The van der Waals surface area contributed by atoms with Crippen molar-refractivity contribution in [3.05, 3.63) is 71.0 Å². The van der Waals surface area contributed by atoms with E-state index in [4.69, 9.17) is 5.73 Å².